The van der Waals surface area contributed by atoms with Crippen molar-refractivity contribution in [3.8, 4) is 0 Å². The topological polar surface area (TPSA) is 40.2 Å². The molecule has 0 aromatic heterocycles. The van der Waals surface area contributed by atoms with Crippen LogP contribution in [-0.4, -0.2) is 22.4 Å². The van der Waals surface area contributed by atoms with Gasteiger partial charge in [0.15, 0.2) is 0 Å². The maximum Gasteiger partial charge on any atom is 0.136 e. The van der Waals surface area contributed by atoms with Gasteiger partial charge in [0, 0.05) is 18.9 Å². The molecule has 1 radical (unpaired) electrons. The lowest BCUT2D eigenvalue weighted by molar-refractivity contribution is -0.235. The Morgan fingerprint density at radius 1 is 1.64 bits per heavy atom. The van der Waals surface area contributed by atoms with Crippen LogP contribution in [0.15, 0.2) is 0 Å². The van der Waals surface area contributed by atoms with Crippen LogP contribution in [0.4, 0.5) is 0 Å². The molecule has 0 N–H and O–H groups in total. The first-order valence-electron chi connectivity index (χ1n) is 4.10. The number of ketones is 1. The normalized spacial score (nSPS) is 44.9. The highest BCUT2D eigenvalue weighted by Crippen LogP contribution is 2.40. The van der Waals surface area contributed by atoms with Crippen molar-refractivity contribution in [2.45, 2.75) is 44.2 Å². The fourth-order valence-corrected chi connectivity index (χ4v) is 2.26. The molecule has 11 heavy (non-hydrogen) atoms. The van der Waals surface area contributed by atoms with Gasteiger partial charge in [-0.05, 0) is 19.8 Å². The number of piperidine rings is 1. The summed E-state index contributed by atoms with van der Waals surface area (Å²) in [4.78, 5) is 11.1. The first-order valence-corrected chi connectivity index (χ1v) is 4.10. The molecule has 2 fully saturated rings. The van der Waals surface area contributed by atoms with E-state index in [1.54, 1.807) is 0 Å². The quantitative estimate of drug-likeness (QED) is 0.520. The second kappa shape index (κ2) is 2.05. The molecule has 2 heterocycles. The van der Waals surface area contributed by atoms with Crippen LogP contribution >= 0.6 is 0 Å². The Labute approximate surface area is 66.0 Å². The number of hydrogen-bond acceptors (Lipinski definition) is 2. The number of hydroxylamine groups is 2. The third-order valence-electron chi connectivity index (χ3n) is 2.92. The first kappa shape index (κ1) is 7.25. The highest BCUT2D eigenvalue weighted by Gasteiger charge is 2.49. The van der Waals surface area contributed by atoms with Crippen molar-refractivity contribution >= 4 is 5.78 Å². The Morgan fingerprint density at radius 2 is 2.36 bits per heavy atom. The Bertz CT molecular complexity index is 204. The number of carbonyl (C=O) groups is 1. The van der Waals surface area contributed by atoms with Gasteiger partial charge in [-0.25, -0.2) is 0 Å². The Morgan fingerprint density at radius 3 is 3.00 bits per heavy atom. The Kier molecular flexibility index (Phi) is 1.35. The van der Waals surface area contributed by atoms with Crippen LogP contribution in [0.3, 0.4) is 0 Å². The molecule has 3 heteroatoms. The highest BCUT2D eigenvalue weighted by molar-refractivity contribution is 5.81. The second-order valence-electron chi connectivity index (χ2n) is 3.93. The minimum Gasteiger partial charge on any atom is -0.300 e. The number of fused-ring (bicyclic) bond motifs is 2. The molecule has 2 aliphatic rings. The first-order chi connectivity index (χ1) is 5.12. The van der Waals surface area contributed by atoms with Gasteiger partial charge < -0.3 is 0 Å². The van der Waals surface area contributed by atoms with Crippen molar-refractivity contribution in [2.24, 2.45) is 0 Å². The zero-order valence-electron chi connectivity index (χ0n) is 6.67. The van der Waals surface area contributed by atoms with E-state index in [0.29, 0.717) is 12.8 Å². The van der Waals surface area contributed by atoms with Crippen LogP contribution in [0, 0.1) is 0 Å². The summed E-state index contributed by atoms with van der Waals surface area (Å²) in [6, 6.07) is 0.00116. The fourth-order valence-electron chi connectivity index (χ4n) is 2.26. The Hall–Kier alpha value is -0.410. The fraction of sp³-hybridized carbons (Fsp3) is 0.875. The standard InChI is InChI=1S/C8H12NO2/c1-8-3-2-6(9(8)11)4-7(10)5-8/h6H,2-5H2,1H3. The van der Waals surface area contributed by atoms with Crippen LogP contribution in [0.25, 0.3) is 0 Å². The van der Waals surface area contributed by atoms with E-state index in [-0.39, 0.29) is 17.4 Å². The molecule has 0 aromatic rings. The van der Waals surface area contributed by atoms with Crippen LogP contribution < -0.4 is 0 Å². The van der Waals surface area contributed by atoms with Gasteiger partial charge >= 0.3 is 0 Å². The van der Waals surface area contributed by atoms with Gasteiger partial charge in [-0.3, -0.25) is 4.79 Å². The van der Waals surface area contributed by atoms with Gasteiger partial charge in [-0.2, -0.15) is 0 Å². The van der Waals surface area contributed by atoms with Gasteiger partial charge in [-0.1, -0.05) is 0 Å². The minimum absolute atomic E-state index is 0.00116. The molecule has 2 rings (SSSR count). The molecule has 2 bridgehead atoms. The van der Waals surface area contributed by atoms with E-state index in [1.165, 1.54) is 0 Å². The summed E-state index contributed by atoms with van der Waals surface area (Å²) in [7, 11) is 0. The number of nitrogens with zero attached hydrogens (tertiary/aromatic N) is 1. The van der Waals surface area contributed by atoms with Gasteiger partial charge in [0.1, 0.15) is 5.78 Å². The smallest absolute Gasteiger partial charge is 0.136 e. The predicted molar refractivity (Wildman–Crippen MR) is 38.2 cm³/mol. The van der Waals surface area contributed by atoms with Crippen LogP contribution in [0.5, 0.6) is 0 Å². The molecule has 2 saturated heterocycles. The van der Waals surface area contributed by atoms with Gasteiger partial charge in [-0.15, -0.1) is 10.3 Å². The number of hydrogen-bond donors (Lipinski definition) is 0. The van der Waals surface area contributed by atoms with Gasteiger partial charge in [0.2, 0.25) is 0 Å². The van der Waals surface area contributed by atoms with E-state index in [1.807, 2.05) is 6.92 Å². The van der Waals surface area contributed by atoms with Crippen molar-refractivity contribution in [1.82, 2.24) is 5.06 Å². The minimum atomic E-state index is -0.347. The van der Waals surface area contributed by atoms with E-state index in [0.717, 1.165) is 17.9 Å². The van der Waals surface area contributed by atoms with Crippen LogP contribution in [-0.2, 0) is 10.0 Å². The maximum atomic E-state index is 11.4. The van der Waals surface area contributed by atoms with Crippen molar-refractivity contribution in [3.05, 3.63) is 0 Å². The van der Waals surface area contributed by atoms with E-state index < -0.39 is 0 Å². The molecule has 0 aliphatic carbocycles. The third kappa shape index (κ3) is 0.914. The molecule has 3 nitrogen and oxygen atoms in total. The lowest BCUT2D eigenvalue weighted by atomic mass is 9.92. The van der Waals surface area contributed by atoms with E-state index in [4.69, 9.17) is 0 Å². The van der Waals surface area contributed by atoms with Crippen molar-refractivity contribution in [1.29, 1.82) is 0 Å². The molecule has 0 amide bonds. The van der Waals surface area contributed by atoms with Gasteiger partial charge in [0.05, 0.1) is 5.54 Å². The highest BCUT2D eigenvalue weighted by atomic mass is 16.5. The molecule has 0 spiro atoms. The monoisotopic (exact) mass is 154 g/mol. The van der Waals surface area contributed by atoms with Crippen molar-refractivity contribution < 1.29 is 10.0 Å². The largest absolute Gasteiger partial charge is 0.300 e. The maximum absolute atomic E-state index is 11.4. The molecule has 0 saturated carbocycles. The average Bonchev–Trinajstić information content (AvgIpc) is 2.17. The zero-order chi connectivity index (χ0) is 8.06. The van der Waals surface area contributed by atoms with Crippen LogP contribution in [0.1, 0.15) is 32.6 Å². The molecule has 61 valence electrons. The van der Waals surface area contributed by atoms with Crippen molar-refractivity contribution in [3.63, 3.8) is 0 Å². The molecule has 2 atom stereocenters. The van der Waals surface area contributed by atoms with E-state index in [2.05, 4.69) is 0 Å². The molecule has 2 aliphatic heterocycles. The molecule has 2 unspecified atom stereocenters. The number of carbonyl (C=O) groups excluding carboxylic acids is 1. The van der Waals surface area contributed by atoms with Crippen molar-refractivity contribution in [2.75, 3.05) is 0 Å². The summed E-state index contributed by atoms with van der Waals surface area (Å²) in [5.74, 6) is 0.266. The zero-order valence-corrected chi connectivity index (χ0v) is 6.67. The third-order valence-corrected chi connectivity index (χ3v) is 2.92. The summed E-state index contributed by atoms with van der Waals surface area (Å²) < 4.78 is 0. The lowest BCUT2D eigenvalue weighted by Crippen LogP contribution is -2.48. The average molecular weight is 154 g/mol. The van der Waals surface area contributed by atoms with Gasteiger partial charge in [0.25, 0.3) is 0 Å². The summed E-state index contributed by atoms with van der Waals surface area (Å²) >= 11 is 0. The second-order valence-corrected chi connectivity index (χ2v) is 3.93. The molecule has 0 aromatic carbocycles. The van der Waals surface area contributed by atoms with Crippen LogP contribution in [0.2, 0.25) is 0 Å². The molecular formula is C8H12NO2. The number of Topliss-reactive ketones (excluding diaryl/α,β-unsaturated/α-hetero) is 1. The summed E-state index contributed by atoms with van der Waals surface area (Å²) in [5.41, 5.74) is -0.347. The number of rotatable bonds is 0. The van der Waals surface area contributed by atoms with E-state index >= 15 is 0 Å². The SMILES string of the molecule is CC12CCC(CC(=O)C1)N2[O]. The lowest BCUT2D eigenvalue weighted by Gasteiger charge is -2.34. The summed E-state index contributed by atoms with van der Waals surface area (Å²) in [6.07, 6.45) is 2.75. The van der Waals surface area contributed by atoms with E-state index in [9.17, 15) is 10.0 Å². The summed E-state index contributed by atoms with van der Waals surface area (Å²) in [5, 5.41) is 12.6. The predicted octanol–water partition coefficient (Wildman–Crippen LogP) is 0.918. The summed E-state index contributed by atoms with van der Waals surface area (Å²) in [6.45, 7) is 1.90. The molecular weight excluding hydrogens is 142 g/mol. The Balaban J connectivity index is 2.27.